The average Bonchev–Trinajstić information content (AvgIpc) is 2.58. The zero-order valence-corrected chi connectivity index (χ0v) is 55.3. The van der Waals surface area contributed by atoms with Gasteiger partial charge in [-0.25, -0.2) is 0 Å². The molecule has 12 atom stereocenters. The lowest BCUT2D eigenvalue weighted by atomic mass is 9.97. The van der Waals surface area contributed by atoms with E-state index in [0.717, 1.165) is 89.9 Å². The molecule has 14 heteroatoms. The summed E-state index contributed by atoms with van der Waals surface area (Å²) in [6.45, 7) is 2.79. The molecule has 0 bridgehead atoms. The summed E-state index contributed by atoms with van der Waals surface area (Å²) in [6, 6.07) is -0.835. The molecular formula is C73H133NO13. The smallest absolute Gasteiger partial charge is 0.220 e. The number of nitrogens with one attached hydrogen (secondary N) is 1. The number of rotatable bonds is 59. The second kappa shape index (κ2) is 57.6. The van der Waals surface area contributed by atoms with Crippen molar-refractivity contribution >= 4 is 5.91 Å². The Morgan fingerprint density at radius 1 is 0.425 bits per heavy atom. The van der Waals surface area contributed by atoms with Crippen LogP contribution >= 0.6 is 0 Å². The monoisotopic (exact) mass is 1230 g/mol. The Labute approximate surface area is 530 Å². The average molecular weight is 1230 g/mol. The number of unbranched alkanes of at least 4 members (excludes halogenated alkanes) is 36. The van der Waals surface area contributed by atoms with Gasteiger partial charge in [0, 0.05) is 6.42 Å². The van der Waals surface area contributed by atoms with Crippen LogP contribution in [0.3, 0.4) is 0 Å². The predicted octanol–water partition coefficient (Wildman–Crippen LogP) is 14.8. The van der Waals surface area contributed by atoms with Gasteiger partial charge < -0.3 is 65.1 Å². The molecule has 0 radical (unpaired) electrons. The van der Waals surface area contributed by atoms with Gasteiger partial charge in [-0.3, -0.25) is 4.79 Å². The first-order valence-corrected chi connectivity index (χ1v) is 36.0. The Kier molecular flexibility index (Phi) is 53.5. The number of aliphatic hydroxyl groups excluding tert-OH is 8. The third kappa shape index (κ3) is 41.7. The van der Waals surface area contributed by atoms with E-state index in [1.165, 1.54) is 186 Å². The second-order valence-electron chi connectivity index (χ2n) is 25.3. The quantitative estimate of drug-likeness (QED) is 0.0204. The van der Waals surface area contributed by atoms with Gasteiger partial charge in [0.2, 0.25) is 5.91 Å². The van der Waals surface area contributed by atoms with Gasteiger partial charge >= 0.3 is 0 Å². The molecule has 0 aromatic heterocycles. The van der Waals surface area contributed by atoms with Crippen LogP contribution in [0.1, 0.15) is 303 Å². The van der Waals surface area contributed by atoms with Crippen LogP contribution in [0.25, 0.3) is 0 Å². The van der Waals surface area contributed by atoms with Crippen molar-refractivity contribution in [3.05, 3.63) is 60.8 Å². The van der Waals surface area contributed by atoms with E-state index >= 15 is 0 Å². The number of ether oxygens (including phenoxy) is 4. The van der Waals surface area contributed by atoms with E-state index in [1.54, 1.807) is 0 Å². The van der Waals surface area contributed by atoms with Crippen LogP contribution in [0, 0.1) is 0 Å². The number of hydrogen-bond donors (Lipinski definition) is 9. The molecule has 2 saturated heterocycles. The normalized spacial score (nSPS) is 23.6. The van der Waals surface area contributed by atoms with Crippen molar-refractivity contribution in [1.29, 1.82) is 0 Å². The molecular weight excluding hydrogens is 1100 g/mol. The van der Waals surface area contributed by atoms with Crippen molar-refractivity contribution in [1.82, 2.24) is 5.32 Å². The van der Waals surface area contributed by atoms with Crippen LogP contribution in [0.4, 0.5) is 0 Å². The maximum absolute atomic E-state index is 13.4. The first-order valence-electron chi connectivity index (χ1n) is 36.0. The molecule has 87 heavy (non-hydrogen) atoms. The summed E-state index contributed by atoms with van der Waals surface area (Å²) in [5, 5.41) is 87.7. The van der Waals surface area contributed by atoms with Crippen LogP contribution in [-0.4, -0.2) is 140 Å². The molecule has 9 N–H and O–H groups in total. The SMILES string of the molecule is CC/C=C\C/C=C\C/C=C\C/C=C\C/C=C\CCCCCCCCCCCCCC(=O)NC(COC1OC(CO)C(OC2OC(CO)C(O)C(O)C2O)C(O)C1O)C(O)CCCCCCCCCCCCCCCCCCCCCCCCCCCC. The molecule has 2 aliphatic heterocycles. The molecule has 14 nitrogen and oxygen atoms in total. The van der Waals surface area contributed by atoms with Gasteiger partial charge in [-0.2, -0.15) is 0 Å². The Balaban J connectivity index is 1.67. The third-order valence-electron chi connectivity index (χ3n) is 17.5. The molecule has 508 valence electrons. The fraction of sp³-hybridized carbons (Fsp3) is 0.849. The van der Waals surface area contributed by atoms with E-state index < -0.39 is 86.8 Å². The van der Waals surface area contributed by atoms with Gasteiger partial charge in [-0.15, -0.1) is 0 Å². The zero-order valence-electron chi connectivity index (χ0n) is 55.3. The molecule has 2 rings (SSSR count). The van der Waals surface area contributed by atoms with E-state index in [-0.39, 0.29) is 12.5 Å². The molecule has 12 unspecified atom stereocenters. The molecule has 1 amide bonds. The maximum atomic E-state index is 13.4. The first kappa shape index (κ1) is 80.8. The fourth-order valence-electron chi connectivity index (χ4n) is 11.8. The highest BCUT2D eigenvalue weighted by Crippen LogP contribution is 2.30. The van der Waals surface area contributed by atoms with Crippen molar-refractivity contribution in [2.45, 2.75) is 376 Å². The topological polar surface area (TPSA) is 228 Å². The minimum Gasteiger partial charge on any atom is -0.394 e. The maximum Gasteiger partial charge on any atom is 0.220 e. The number of aliphatic hydroxyl groups is 8. The van der Waals surface area contributed by atoms with Crippen molar-refractivity contribution < 1.29 is 64.6 Å². The summed E-state index contributed by atoms with van der Waals surface area (Å²) >= 11 is 0. The minimum atomic E-state index is -1.79. The predicted molar refractivity (Wildman–Crippen MR) is 355 cm³/mol. The lowest BCUT2D eigenvalue weighted by Gasteiger charge is -2.46. The highest BCUT2D eigenvalue weighted by atomic mass is 16.7. The molecule has 0 spiro atoms. The summed E-state index contributed by atoms with van der Waals surface area (Å²) in [6.07, 6.45) is 59.4. The Morgan fingerprint density at radius 2 is 0.793 bits per heavy atom. The van der Waals surface area contributed by atoms with Crippen molar-refractivity contribution in [2.75, 3.05) is 19.8 Å². The van der Waals surface area contributed by atoms with Gasteiger partial charge in [0.1, 0.15) is 48.8 Å². The number of carbonyl (C=O) groups excluding carboxylic acids is 1. The van der Waals surface area contributed by atoms with Crippen LogP contribution in [-0.2, 0) is 23.7 Å². The van der Waals surface area contributed by atoms with E-state index in [4.69, 9.17) is 18.9 Å². The fourth-order valence-corrected chi connectivity index (χ4v) is 11.8. The van der Waals surface area contributed by atoms with Crippen LogP contribution in [0.2, 0.25) is 0 Å². The summed E-state index contributed by atoms with van der Waals surface area (Å²) in [7, 11) is 0. The molecule has 2 fully saturated rings. The lowest BCUT2D eigenvalue weighted by molar-refractivity contribution is -0.359. The number of carbonyl (C=O) groups is 1. The van der Waals surface area contributed by atoms with Gasteiger partial charge in [-0.05, 0) is 57.8 Å². The first-order chi connectivity index (χ1) is 42.6. The lowest BCUT2D eigenvalue weighted by Crippen LogP contribution is -2.65. The Morgan fingerprint density at radius 3 is 1.22 bits per heavy atom. The van der Waals surface area contributed by atoms with E-state index in [9.17, 15) is 45.6 Å². The largest absolute Gasteiger partial charge is 0.394 e. The molecule has 0 aromatic carbocycles. The van der Waals surface area contributed by atoms with E-state index in [2.05, 4.69) is 79.9 Å². The number of hydrogen-bond acceptors (Lipinski definition) is 13. The summed E-state index contributed by atoms with van der Waals surface area (Å²) in [5.41, 5.74) is 0. The van der Waals surface area contributed by atoms with Crippen LogP contribution in [0.5, 0.6) is 0 Å². The van der Waals surface area contributed by atoms with E-state index in [1.807, 2.05) is 0 Å². The second-order valence-corrected chi connectivity index (χ2v) is 25.3. The van der Waals surface area contributed by atoms with Gasteiger partial charge in [-0.1, -0.05) is 299 Å². The summed E-state index contributed by atoms with van der Waals surface area (Å²) in [5.74, 6) is -0.208. The van der Waals surface area contributed by atoms with Crippen LogP contribution < -0.4 is 5.32 Å². The Bertz CT molecular complexity index is 1690. The molecule has 0 aromatic rings. The molecule has 0 aliphatic carbocycles. The van der Waals surface area contributed by atoms with E-state index in [0.29, 0.717) is 12.8 Å². The van der Waals surface area contributed by atoms with Crippen molar-refractivity contribution in [3.63, 3.8) is 0 Å². The van der Waals surface area contributed by atoms with Crippen molar-refractivity contribution in [3.8, 4) is 0 Å². The number of amides is 1. The standard InChI is InChI=1S/C73H133NO13/c1-3-5-7-9-11-13-15-17-19-21-23-25-27-29-31-33-35-37-39-41-43-45-47-49-51-53-55-57-65(78)74-61(60-84-72-70(83)68(81)71(64(59-76)86-72)87-73-69(82)67(80)66(79)63(58-75)85-73)62(77)56-54-52-50-48-46-44-42-40-38-36-34-32-30-28-26-24-22-20-18-16-14-12-10-8-6-4-2/h5,7,11,13,17,19,23,25,29,31,61-64,66-73,75-77,79-83H,3-4,6,8-10,12,14-16,18,20-22,24,26-28,30,32-60H2,1-2H3,(H,74,78)/b7-5-,13-11-,19-17-,25-23-,31-29-. The number of allylic oxidation sites excluding steroid dienone is 10. The molecule has 2 heterocycles. The summed E-state index contributed by atoms with van der Waals surface area (Å²) in [4.78, 5) is 13.4. The molecule has 0 saturated carbocycles. The van der Waals surface area contributed by atoms with Gasteiger partial charge in [0.25, 0.3) is 0 Å². The van der Waals surface area contributed by atoms with Gasteiger partial charge in [0.15, 0.2) is 12.6 Å². The minimum absolute atomic E-state index is 0.208. The Hall–Kier alpha value is -2.31. The van der Waals surface area contributed by atoms with Gasteiger partial charge in [0.05, 0.1) is 32.0 Å². The van der Waals surface area contributed by atoms with Crippen molar-refractivity contribution in [2.24, 2.45) is 0 Å². The molecule has 2 aliphatic rings. The highest BCUT2D eigenvalue weighted by Gasteiger charge is 2.51. The van der Waals surface area contributed by atoms with Crippen LogP contribution in [0.15, 0.2) is 60.8 Å². The zero-order chi connectivity index (χ0) is 63.1. The highest BCUT2D eigenvalue weighted by molar-refractivity contribution is 5.76. The summed E-state index contributed by atoms with van der Waals surface area (Å²) < 4.78 is 22.9. The third-order valence-corrected chi connectivity index (χ3v) is 17.5.